The molecule has 8 heteroatoms. The second-order valence-electron chi connectivity index (χ2n) is 4.68. The molecule has 3 rings (SSSR count). The van der Waals surface area contributed by atoms with E-state index in [9.17, 15) is 5.11 Å². The summed E-state index contributed by atoms with van der Waals surface area (Å²) in [5.74, 6) is 0.555. The Balaban J connectivity index is 1.77. The SMILES string of the molecule is Oc1ccc(-c2nn(CNc3ccc(Cl)c(Cl)c3)c(=S)o2)cc1. The number of hydrogen-bond acceptors (Lipinski definition) is 5. The number of hydrogen-bond donors (Lipinski definition) is 2. The topological polar surface area (TPSA) is 63.2 Å². The van der Waals surface area contributed by atoms with Gasteiger partial charge >= 0.3 is 0 Å². The summed E-state index contributed by atoms with van der Waals surface area (Å²) in [7, 11) is 0. The molecule has 2 aromatic carbocycles. The number of nitrogens with zero attached hydrogens (tertiary/aromatic N) is 2. The highest BCUT2D eigenvalue weighted by Gasteiger charge is 2.08. The Morgan fingerprint density at radius 3 is 2.57 bits per heavy atom. The molecular formula is C15H11Cl2N3O2S. The molecule has 0 aliphatic rings. The van der Waals surface area contributed by atoms with Crippen molar-refractivity contribution in [3.8, 4) is 17.2 Å². The van der Waals surface area contributed by atoms with Crippen LogP contribution in [0.1, 0.15) is 0 Å². The fourth-order valence-electron chi connectivity index (χ4n) is 1.90. The first kappa shape index (κ1) is 15.9. The van der Waals surface area contributed by atoms with Crippen molar-refractivity contribution in [1.82, 2.24) is 9.78 Å². The van der Waals surface area contributed by atoms with E-state index in [1.807, 2.05) is 0 Å². The Kier molecular flexibility index (Phi) is 4.56. The van der Waals surface area contributed by atoms with Gasteiger partial charge in [0, 0.05) is 11.3 Å². The second kappa shape index (κ2) is 6.62. The maximum atomic E-state index is 9.31. The fraction of sp³-hybridized carbons (Fsp3) is 0.0667. The average molecular weight is 368 g/mol. The zero-order valence-corrected chi connectivity index (χ0v) is 14.0. The summed E-state index contributed by atoms with van der Waals surface area (Å²) in [6, 6.07) is 11.7. The minimum Gasteiger partial charge on any atom is -0.508 e. The summed E-state index contributed by atoms with van der Waals surface area (Å²) in [4.78, 5) is 0.237. The van der Waals surface area contributed by atoms with Gasteiger partial charge in [0.1, 0.15) is 12.4 Å². The molecule has 23 heavy (non-hydrogen) atoms. The zero-order chi connectivity index (χ0) is 16.4. The second-order valence-corrected chi connectivity index (χ2v) is 5.85. The van der Waals surface area contributed by atoms with Crippen LogP contribution in [0.2, 0.25) is 10.0 Å². The number of phenols is 1. The largest absolute Gasteiger partial charge is 0.508 e. The number of benzene rings is 2. The molecule has 0 fully saturated rings. The first-order chi connectivity index (χ1) is 11.0. The van der Waals surface area contributed by atoms with Gasteiger partial charge in [0.15, 0.2) is 0 Å². The highest BCUT2D eigenvalue weighted by Crippen LogP contribution is 2.25. The number of nitrogens with one attached hydrogen (secondary N) is 1. The third-order valence-electron chi connectivity index (χ3n) is 3.07. The summed E-state index contributed by atoms with van der Waals surface area (Å²) >= 11 is 17.0. The number of aromatic hydroxyl groups is 1. The van der Waals surface area contributed by atoms with Crippen molar-refractivity contribution in [2.75, 3.05) is 5.32 Å². The molecular weight excluding hydrogens is 357 g/mol. The van der Waals surface area contributed by atoms with Gasteiger partial charge < -0.3 is 14.8 Å². The molecule has 0 unspecified atom stereocenters. The van der Waals surface area contributed by atoms with Crippen LogP contribution in [-0.4, -0.2) is 14.9 Å². The standard InChI is InChI=1S/C15H11Cl2N3O2S/c16-12-6-3-10(7-13(12)17)18-8-20-15(23)22-14(19-20)9-1-4-11(21)5-2-9/h1-7,18,21H,8H2. The maximum absolute atomic E-state index is 9.31. The fourth-order valence-corrected chi connectivity index (χ4v) is 2.38. The molecule has 1 heterocycles. The molecule has 0 aliphatic heterocycles. The predicted octanol–water partition coefficient (Wildman–Crippen LogP) is 4.95. The van der Waals surface area contributed by atoms with Gasteiger partial charge in [0.25, 0.3) is 4.84 Å². The van der Waals surface area contributed by atoms with Crippen LogP contribution in [0.25, 0.3) is 11.5 Å². The van der Waals surface area contributed by atoms with Crippen LogP contribution in [0.3, 0.4) is 0 Å². The number of aromatic nitrogens is 2. The minimum atomic E-state index is 0.174. The summed E-state index contributed by atoms with van der Waals surface area (Å²) in [5, 5.41) is 17.7. The van der Waals surface area contributed by atoms with Crippen LogP contribution in [0.15, 0.2) is 46.9 Å². The van der Waals surface area contributed by atoms with Gasteiger partial charge in [-0.05, 0) is 54.7 Å². The molecule has 5 nitrogen and oxygen atoms in total. The number of halogens is 2. The Morgan fingerprint density at radius 2 is 1.87 bits per heavy atom. The van der Waals surface area contributed by atoms with Gasteiger partial charge in [0.2, 0.25) is 5.89 Å². The lowest BCUT2D eigenvalue weighted by Gasteiger charge is -2.06. The van der Waals surface area contributed by atoms with Crippen LogP contribution in [-0.2, 0) is 6.67 Å². The summed E-state index contributed by atoms with van der Waals surface area (Å²) in [6.07, 6.45) is 0. The Morgan fingerprint density at radius 1 is 1.13 bits per heavy atom. The van der Waals surface area contributed by atoms with Gasteiger partial charge in [-0.3, -0.25) is 0 Å². The molecule has 2 N–H and O–H groups in total. The van der Waals surface area contributed by atoms with Crippen LogP contribution in [0.4, 0.5) is 5.69 Å². The van der Waals surface area contributed by atoms with E-state index in [0.717, 1.165) is 11.3 Å². The van der Waals surface area contributed by atoms with E-state index in [1.54, 1.807) is 42.5 Å². The molecule has 0 saturated heterocycles. The summed E-state index contributed by atoms with van der Waals surface area (Å²) in [6.45, 7) is 0.318. The zero-order valence-electron chi connectivity index (χ0n) is 11.7. The van der Waals surface area contributed by atoms with E-state index in [4.69, 9.17) is 39.8 Å². The van der Waals surface area contributed by atoms with Gasteiger partial charge in [0.05, 0.1) is 10.0 Å². The van der Waals surface area contributed by atoms with Crippen molar-refractivity contribution in [3.63, 3.8) is 0 Å². The van der Waals surface area contributed by atoms with Crippen molar-refractivity contribution < 1.29 is 9.52 Å². The molecule has 0 spiro atoms. The van der Waals surface area contributed by atoms with Crippen LogP contribution >= 0.6 is 35.4 Å². The van der Waals surface area contributed by atoms with Crippen molar-refractivity contribution in [2.24, 2.45) is 0 Å². The Hall–Kier alpha value is -2.02. The molecule has 1 aromatic heterocycles. The smallest absolute Gasteiger partial charge is 0.289 e. The van der Waals surface area contributed by atoms with Gasteiger partial charge in [-0.1, -0.05) is 23.2 Å². The predicted molar refractivity (Wildman–Crippen MR) is 92.5 cm³/mol. The van der Waals surface area contributed by atoms with E-state index in [-0.39, 0.29) is 10.6 Å². The third kappa shape index (κ3) is 3.67. The van der Waals surface area contributed by atoms with E-state index < -0.39 is 0 Å². The molecule has 0 radical (unpaired) electrons. The summed E-state index contributed by atoms with van der Waals surface area (Å²) < 4.78 is 6.98. The van der Waals surface area contributed by atoms with E-state index >= 15 is 0 Å². The first-order valence-corrected chi connectivity index (χ1v) is 7.75. The first-order valence-electron chi connectivity index (χ1n) is 6.59. The lowest BCUT2D eigenvalue weighted by Crippen LogP contribution is -2.09. The van der Waals surface area contributed by atoms with E-state index in [0.29, 0.717) is 22.6 Å². The van der Waals surface area contributed by atoms with E-state index in [2.05, 4.69) is 10.4 Å². The van der Waals surface area contributed by atoms with E-state index in [1.165, 1.54) is 4.68 Å². The van der Waals surface area contributed by atoms with Gasteiger partial charge in [-0.2, -0.15) is 0 Å². The maximum Gasteiger partial charge on any atom is 0.289 e. The average Bonchev–Trinajstić information content (AvgIpc) is 2.90. The van der Waals surface area contributed by atoms with Crippen LogP contribution < -0.4 is 5.32 Å². The highest BCUT2D eigenvalue weighted by atomic mass is 35.5. The lowest BCUT2D eigenvalue weighted by atomic mass is 10.2. The number of anilines is 1. The van der Waals surface area contributed by atoms with Gasteiger partial charge in [-0.15, -0.1) is 5.10 Å². The van der Waals surface area contributed by atoms with Crippen LogP contribution in [0.5, 0.6) is 5.75 Å². The Bertz CT molecular complexity index is 890. The minimum absolute atomic E-state index is 0.174. The number of rotatable bonds is 4. The van der Waals surface area contributed by atoms with Crippen LogP contribution in [0, 0.1) is 4.84 Å². The third-order valence-corrected chi connectivity index (χ3v) is 4.11. The molecule has 0 bridgehead atoms. The molecule has 0 saturated carbocycles. The Labute approximate surface area is 147 Å². The van der Waals surface area contributed by atoms with Crippen molar-refractivity contribution in [2.45, 2.75) is 6.67 Å². The van der Waals surface area contributed by atoms with Crippen molar-refractivity contribution in [3.05, 3.63) is 57.3 Å². The lowest BCUT2D eigenvalue weighted by molar-refractivity contribution is 0.475. The molecule has 3 aromatic rings. The van der Waals surface area contributed by atoms with Crippen molar-refractivity contribution in [1.29, 1.82) is 0 Å². The molecule has 0 aliphatic carbocycles. The monoisotopic (exact) mass is 367 g/mol. The normalized spacial score (nSPS) is 10.7. The molecule has 0 amide bonds. The van der Waals surface area contributed by atoms with Gasteiger partial charge in [-0.25, -0.2) is 4.68 Å². The van der Waals surface area contributed by atoms with Crippen molar-refractivity contribution >= 4 is 41.1 Å². The quantitative estimate of drug-likeness (QED) is 0.638. The molecule has 0 atom stereocenters. The highest BCUT2D eigenvalue weighted by molar-refractivity contribution is 7.71. The molecule has 118 valence electrons. The number of phenolic OH excluding ortho intramolecular Hbond substituents is 1. The summed E-state index contributed by atoms with van der Waals surface area (Å²) in [5.41, 5.74) is 1.51.